The van der Waals surface area contributed by atoms with Crippen molar-refractivity contribution in [3.8, 4) is 17.2 Å². The molecular formula is C39H36N2O4. The molecule has 0 bridgehead atoms. The zero-order chi connectivity index (χ0) is 31.2. The van der Waals surface area contributed by atoms with Crippen LogP contribution in [0.1, 0.15) is 33.4 Å². The number of aromatic hydroxyl groups is 1. The summed E-state index contributed by atoms with van der Waals surface area (Å²) in [4.78, 5) is 17.0. The van der Waals surface area contributed by atoms with Gasteiger partial charge in [0, 0.05) is 41.4 Å². The summed E-state index contributed by atoms with van der Waals surface area (Å²) >= 11 is 0. The quantitative estimate of drug-likeness (QED) is 0.158. The van der Waals surface area contributed by atoms with E-state index in [1.807, 2.05) is 66.7 Å². The van der Waals surface area contributed by atoms with Crippen LogP contribution in [0.25, 0.3) is 10.9 Å². The number of aromatic amines is 1. The lowest BCUT2D eigenvalue weighted by Crippen LogP contribution is -2.23. The number of fused-ring (bicyclic) bond motifs is 1. The number of ether oxygens (including phenoxy) is 2. The minimum absolute atomic E-state index is 0.0562. The minimum atomic E-state index is -0.344. The second kappa shape index (κ2) is 13.4. The molecule has 0 radical (unpaired) electrons. The fraction of sp³-hybridized carbons (Fsp3) is 0.154. The second-order valence-corrected chi connectivity index (χ2v) is 11.4. The van der Waals surface area contributed by atoms with Crippen molar-refractivity contribution in [3.05, 3.63) is 165 Å². The zero-order valence-corrected chi connectivity index (χ0v) is 25.5. The normalized spacial score (nSPS) is 11.0. The molecule has 6 aromatic rings. The summed E-state index contributed by atoms with van der Waals surface area (Å²) in [5, 5.41) is 11.2. The van der Waals surface area contributed by atoms with E-state index in [0.29, 0.717) is 37.2 Å². The summed E-state index contributed by atoms with van der Waals surface area (Å²) < 4.78 is 12.7. The number of para-hydroxylation sites is 2. The number of rotatable bonds is 11. The van der Waals surface area contributed by atoms with Gasteiger partial charge in [-0.15, -0.1) is 0 Å². The van der Waals surface area contributed by atoms with Crippen LogP contribution < -0.4 is 19.9 Å². The van der Waals surface area contributed by atoms with Gasteiger partial charge in [0.1, 0.15) is 30.5 Å². The van der Waals surface area contributed by atoms with E-state index in [0.717, 1.165) is 39.4 Å². The number of anilines is 1. The average Bonchev–Trinajstić information content (AvgIpc) is 3.03. The van der Waals surface area contributed by atoms with Crippen LogP contribution in [0.15, 0.2) is 126 Å². The lowest BCUT2D eigenvalue weighted by Gasteiger charge is -2.27. The molecule has 0 unspecified atom stereocenters. The van der Waals surface area contributed by atoms with Crippen molar-refractivity contribution in [2.24, 2.45) is 0 Å². The third kappa shape index (κ3) is 7.36. The SMILES string of the molecule is Cc1cccc(COc2ccccc2CN(Cc2ccccc2OCc2cccc(C)c2)c2ccc3[nH]c(=O)cc(O)c3c2)c1. The van der Waals surface area contributed by atoms with E-state index < -0.39 is 0 Å². The molecule has 0 aliphatic heterocycles. The predicted octanol–water partition coefficient (Wildman–Crippen LogP) is 8.22. The number of benzene rings is 5. The lowest BCUT2D eigenvalue weighted by atomic mass is 10.1. The molecule has 5 aromatic carbocycles. The van der Waals surface area contributed by atoms with E-state index in [1.165, 1.54) is 17.2 Å². The first-order valence-electron chi connectivity index (χ1n) is 15.0. The van der Waals surface area contributed by atoms with Gasteiger partial charge < -0.3 is 24.5 Å². The number of hydrogen-bond acceptors (Lipinski definition) is 5. The van der Waals surface area contributed by atoms with Crippen molar-refractivity contribution in [1.29, 1.82) is 0 Å². The highest BCUT2D eigenvalue weighted by Crippen LogP contribution is 2.32. The summed E-state index contributed by atoms with van der Waals surface area (Å²) in [5.74, 6) is 1.56. The van der Waals surface area contributed by atoms with Crippen molar-refractivity contribution in [3.63, 3.8) is 0 Å². The van der Waals surface area contributed by atoms with Crippen LogP contribution in [0.3, 0.4) is 0 Å². The fourth-order valence-electron chi connectivity index (χ4n) is 5.55. The Labute approximate surface area is 263 Å². The second-order valence-electron chi connectivity index (χ2n) is 11.4. The van der Waals surface area contributed by atoms with Gasteiger partial charge in [0.15, 0.2) is 0 Å². The van der Waals surface area contributed by atoms with Crippen LogP contribution >= 0.6 is 0 Å². The van der Waals surface area contributed by atoms with Gasteiger partial charge in [-0.1, -0.05) is 96.1 Å². The Morgan fingerprint density at radius 2 is 1.20 bits per heavy atom. The third-order valence-electron chi connectivity index (χ3n) is 7.79. The molecule has 2 N–H and O–H groups in total. The Balaban J connectivity index is 1.33. The molecule has 1 heterocycles. The number of nitrogens with one attached hydrogen (secondary N) is 1. The molecule has 0 atom stereocenters. The molecule has 0 fully saturated rings. The van der Waals surface area contributed by atoms with E-state index >= 15 is 0 Å². The monoisotopic (exact) mass is 596 g/mol. The molecule has 0 amide bonds. The molecule has 0 saturated heterocycles. The first-order chi connectivity index (χ1) is 21.9. The average molecular weight is 597 g/mol. The van der Waals surface area contributed by atoms with Crippen LogP contribution in [-0.4, -0.2) is 10.1 Å². The number of H-pyrrole nitrogens is 1. The van der Waals surface area contributed by atoms with E-state index in [2.05, 4.69) is 72.3 Å². The first-order valence-corrected chi connectivity index (χ1v) is 15.0. The third-order valence-corrected chi connectivity index (χ3v) is 7.79. The Hall–Kier alpha value is -5.49. The van der Waals surface area contributed by atoms with Gasteiger partial charge in [-0.3, -0.25) is 4.79 Å². The summed E-state index contributed by atoms with van der Waals surface area (Å²) in [7, 11) is 0. The number of aryl methyl sites for hydroxylation is 2. The molecule has 0 aliphatic rings. The molecule has 0 spiro atoms. The number of nitrogens with zero attached hydrogens (tertiary/aromatic N) is 1. The topological polar surface area (TPSA) is 74.8 Å². The van der Waals surface area contributed by atoms with Crippen LogP contribution in [0, 0.1) is 13.8 Å². The molecular weight excluding hydrogens is 560 g/mol. The van der Waals surface area contributed by atoms with E-state index in [1.54, 1.807) is 0 Å². The number of aromatic nitrogens is 1. The fourth-order valence-corrected chi connectivity index (χ4v) is 5.55. The predicted molar refractivity (Wildman–Crippen MR) is 180 cm³/mol. The molecule has 6 heteroatoms. The highest BCUT2D eigenvalue weighted by Gasteiger charge is 2.16. The Kier molecular flexibility index (Phi) is 8.83. The van der Waals surface area contributed by atoms with Crippen molar-refractivity contribution < 1.29 is 14.6 Å². The van der Waals surface area contributed by atoms with Gasteiger partial charge in [-0.25, -0.2) is 0 Å². The minimum Gasteiger partial charge on any atom is -0.507 e. The summed E-state index contributed by atoms with van der Waals surface area (Å²) in [5.41, 5.74) is 7.77. The van der Waals surface area contributed by atoms with Crippen LogP contribution in [0.2, 0.25) is 0 Å². The van der Waals surface area contributed by atoms with Gasteiger partial charge >= 0.3 is 0 Å². The van der Waals surface area contributed by atoms with Gasteiger partial charge in [0.05, 0.1) is 5.52 Å². The number of pyridine rings is 1. The van der Waals surface area contributed by atoms with Gasteiger partial charge in [-0.05, 0) is 55.3 Å². The molecule has 45 heavy (non-hydrogen) atoms. The molecule has 6 nitrogen and oxygen atoms in total. The highest BCUT2D eigenvalue weighted by atomic mass is 16.5. The van der Waals surface area contributed by atoms with Crippen molar-refractivity contribution in [2.45, 2.75) is 40.2 Å². The van der Waals surface area contributed by atoms with Gasteiger partial charge in [0.2, 0.25) is 0 Å². The maximum absolute atomic E-state index is 12.0. The molecule has 6 rings (SSSR count). The molecule has 0 saturated carbocycles. The van der Waals surface area contributed by atoms with Gasteiger partial charge in [0.25, 0.3) is 5.56 Å². The van der Waals surface area contributed by atoms with E-state index in [4.69, 9.17) is 9.47 Å². The zero-order valence-electron chi connectivity index (χ0n) is 25.5. The Morgan fingerprint density at radius 1 is 0.644 bits per heavy atom. The Morgan fingerprint density at radius 3 is 1.76 bits per heavy atom. The van der Waals surface area contributed by atoms with Crippen LogP contribution in [-0.2, 0) is 26.3 Å². The van der Waals surface area contributed by atoms with Gasteiger partial charge in [-0.2, -0.15) is 0 Å². The Bertz CT molecular complexity index is 1900. The van der Waals surface area contributed by atoms with Crippen LogP contribution in [0.4, 0.5) is 5.69 Å². The highest BCUT2D eigenvalue weighted by molar-refractivity contribution is 5.87. The standard InChI is InChI=1S/C39H36N2O4/c1-27-9-7-11-29(19-27)25-44-37-15-5-3-13-31(37)23-41(33-17-18-35-34(21-33)36(42)22-39(43)40-35)24-32-14-4-6-16-38(32)45-26-30-12-8-10-28(2)20-30/h3-22H,23-26H2,1-2H3,(H2,40,42,43). The molecule has 0 aliphatic carbocycles. The van der Waals surface area contributed by atoms with E-state index in [9.17, 15) is 9.90 Å². The molecule has 226 valence electrons. The lowest BCUT2D eigenvalue weighted by molar-refractivity contribution is 0.301. The maximum Gasteiger partial charge on any atom is 0.252 e. The number of hydrogen-bond donors (Lipinski definition) is 2. The molecule has 1 aromatic heterocycles. The summed E-state index contributed by atoms with van der Waals surface area (Å²) in [6.45, 7) is 6.15. The first kappa shape index (κ1) is 29.6. The summed E-state index contributed by atoms with van der Waals surface area (Å²) in [6.07, 6.45) is 0. The smallest absolute Gasteiger partial charge is 0.252 e. The van der Waals surface area contributed by atoms with E-state index in [-0.39, 0.29) is 11.3 Å². The largest absolute Gasteiger partial charge is 0.507 e. The van der Waals surface area contributed by atoms with Crippen molar-refractivity contribution in [1.82, 2.24) is 4.98 Å². The van der Waals surface area contributed by atoms with Crippen molar-refractivity contribution >= 4 is 16.6 Å². The summed E-state index contributed by atoms with van der Waals surface area (Å²) in [6, 6.07) is 39.7. The van der Waals surface area contributed by atoms with Crippen molar-refractivity contribution in [2.75, 3.05) is 4.90 Å². The maximum atomic E-state index is 12.0. The van der Waals surface area contributed by atoms with Crippen LogP contribution in [0.5, 0.6) is 17.2 Å².